The zero-order chi connectivity index (χ0) is 16.7. The van der Waals surface area contributed by atoms with Gasteiger partial charge >= 0.3 is 0 Å². The molecule has 0 spiro atoms. The minimum Gasteiger partial charge on any atom is -0.380 e. The third kappa shape index (κ3) is 4.73. The number of aromatic nitrogens is 1. The smallest absolute Gasteiger partial charge is 0.150 e. The maximum absolute atomic E-state index is 14.2. The van der Waals surface area contributed by atoms with E-state index in [1.54, 1.807) is 17.6 Å². The number of benzene rings is 1. The van der Waals surface area contributed by atoms with Crippen molar-refractivity contribution in [2.24, 2.45) is 0 Å². The number of thiazole rings is 1. The Morgan fingerprint density at radius 2 is 2.13 bits per heavy atom. The summed E-state index contributed by atoms with van der Waals surface area (Å²) in [4.78, 5) is 17.4. The second kappa shape index (κ2) is 8.58. The van der Waals surface area contributed by atoms with Gasteiger partial charge in [0.25, 0.3) is 0 Å². The SMILES string of the molecule is CCCCCN(C)/C=C\c1cc(-c2nccs2)c(F)cc1C=O. The predicted octanol–water partition coefficient (Wildman–Crippen LogP) is 4.85. The molecule has 2 aromatic rings. The third-order valence-electron chi connectivity index (χ3n) is 3.59. The van der Waals surface area contributed by atoms with Gasteiger partial charge in [-0.1, -0.05) is 19.8 Å². The molecule has 0 aliphatic heterocycles. The van der Waals surface area contributed by atoms with Gasteiger partial charge in [0.1, 0.15) is 10.8 Å². The van der Waals surface area contributed by atoms with Gasteiger partial charge in [0.05, 0.1) is 0 Å². The van der Waals surface area contributed by atoms with Crippen LogP contribution in [0.2, 0.25) is 0 Å². The molecule has 0 N–H and O–H groups in total. The fourth-order valence-electron chi connectivity index (χ4n) is 2.27. The number of carbonyl (C=O) groups is 1. The molecule has 23 heavy (non-hydrogen) atoms. The van der Waals surface area contributed by atoms with Crippen LogP contribution in [0.4, 0.5) is 4.39 Å². The summed E-state index contributed by atoms with van der Waals surface area (Å²) in [5, 5.41) is 2.42. The molecule has 0 unspecified atom stereocenters. The van der Waals surface area contributed by atoms with Crippen molar-refractivity contribution < 1.29 is 9.18 Å². The molecule has 3 nitrogen and oxygen atoms in total. The number of hydrogen-bond acceptors (Lipinski definition) is 4. The predicted molar refractivity (Wildman–Crippen MR) is 94.1 cm³/mol. The fraction of sp³-hybridized carbons (Fsp3) is 0.333. The molecule has 1 aromatic heterocycles. The first kappa shape index (κ1) is 17.3. The molecule has 1 heterocycles. The summed E-state index contributed by atoms with van der Waals surface area (Å²) < 4.78 is 14.2. The number of carbonyl (C=O) groups excluding carboxylic acids is 1. The van der Waals surface area contributed by atoms with E-state index in [-0.39, 0.29) is 0 Å². The Morgan fingerprint density at radius 1 is 1.30 bits per heavy atom. The van der Waals surface area contributed by atoms with Crippen molar-refractivity contribution in [3.63, 3.8) is 0 Å². The highest BCUT2D eigenvalue weighted by Gasteiger charge is 2.11. The van der Waals surface area contributed by atoms with Crippen LogP contribution in [0.25, 0.3) is 16.6 Å². The van der Waals surface area contributed by atoms with Crippen LogP contribution in [0.5, 0.6) is 0 Å². The quantitative estimate of drug-likeness (QED) is 0.511. The second-order valence-corrected chi connectivity index (χ2v) is 6.31. The molecular weight excluding hydrogens is 311 g/mol. The highest BCUT2D eigenvalue weighted by atomic mass is 32.1. The molecule has 2 rings (SSSR count). The summed E-state index contributed by atoms with van der Waals surface area (Å²) in [5.41, 5.74) is 1.48. The lowest BCUT2D eigenvalue weighted by Crippen LogP contribution is -2.11. The number of rotatable bonds is 8. The molecule has 0 amide bonds. The van der Waals surface area contributed by atoms with Crippen LogP contribution in [0, 0.1) is 5.82 Å². The monoisotopic (exact) mass is 332 g/mol. The van der Waals surface area contributed by atoms with Crippen LogP contribution in [0.15, 0.2) is 29.9 Å². The van der Waals surface area contributed by atoms with E-state index in [1.165, 1.54) is 30.2 Å². The number of aldehydes is 1. The molecule has 0 aliphatic rings. The highest BCUT2D eigenvalue weighted by molar-refractivity contribution is 7.13. The van der Waals surface area contributed by atoms with Crippen LogP contribution in [-0.2, 0) is 0 Å². The van der Waals surface area contributed by atoms with E-state index in [0.29, 0.717) is 28.0 Å². The second-order valence-electron chi connectivity index (χ2n) is 5.42. The van der Waals surface area contributed by atoms with Crippen molar-refractivity contribution in [2.75, 3.05) is 13.6 Å². The van der Waals surface area contributed by atoms with Gasteiger partial charge in [0.2, 0.25) is 0 Å². The van der Waals surface area contributed by atoms with Gasteiger partial charge in [-0.05, 0) is 36.4 Å². The molecule has 1 aromatic carbocycles. The van der Waals surface area contributed by atoms with Crippen LogP contribution < -0.4 is 0 Å². The van der Waals surface area contributed by atoms with E-state index in [2.05, 4.69) is 16.8 Å². The Bertz CT molecular complexity index is 668. The Morgan fingerprint density at radius 3 is 2.78 bits per heavy atom. The molecule has 0 fully saturated rings. The van der Waals surface area contributed by atoms with Gasteiger partial charge in [-0.2, -0.15) is 0 Å². The Kier molecular flexibility index (Phi) is 6.47. The zero-order valence-corrected chi connectivity index (χ0v) is 14.3. The average molecular weight is 332 g/mol. The zero-order valence-electron chi connectivity index (χ0n) is 13.5. The van der Waals surface area contributed by atoms with E-state index >= 15 is 0 Å². The number of unbranched alkanes of at least 4 members (excludes halogenated alkanes) is 2. The maximum Gasteiger partial charge on any atom is 0.150 e. The lowest BCUT2D eigenvalue weighted by atomic mass is 10.0. The van der Waals surface area contributed by atoms with Crippen LogP contribution in [0.1, 0.15) is 42.1 Å². The molecule has 0 atom stereocenters. The molecule has 0 aliphatic carbocycles. The van der Waals surface area contributed by atoms with Crippen LogP contribution in [0.3, 0.4) is 0 Å². The number of halogens is 1. The summed E-state index contributed by atoms with van der Waals surface area (Å²) in [6, 6.07) is 2.97. The number of nitrogens with zero attached hydrogens (tertiary/aromatic N) is 2. The lowest BCUT2D eigenvalue weighted by molar-refractivity contribution is 0.112. The lowest BCUT2D eigenvalue weighted by Gasteiger charge is -2.13. The summed E-state index contributed by atoms with van der Waals surface area (Å²) in [6.45, 7) is 3.13. The first-order chi connectivity index (χ1) is 11.2. The molecule has 0 saturated heterocycles. The van der Waals surface area contributed by atoms with Crippen molar-refractivity contribution in [1.82, 2.24) is 9.88 Å². The summed E-state index contributed by atoms with van der Waals surface area (Å²) in [5.74, 6) is -0.421. The van der Waals surface area contributed by atoms with E-state index in [0.717, 1.165) is 13.0 Å². The van der Waals surface area contributed by atoms with Gasteiger partial charge in [0.15, 0.2) is 6.29 Å². The van der Waals surface area contributed by atoms with Crippen molar-refractivity contribution in [2.45, 2.75) is 26.2 Å². The van der Waals surface area contributed by atoms with Gasteiger partial charge < -0.3 is 4.90 Å². The van der Waals surface area contributed by atoms with Crippen molar-refractivity contribution in [3.8, 4) is 10.6 Å². The minimum atomic E-state index is -0.421. The van der Waals surface area contributed by atoms with Crippen molar-refractivity contribution in [1.29, 1.82) is 0 Å². The largest absolute Gasteiger partial charge is 0.380 e. The molecule has 122 valence electrons. The van der Waals surface area contributed by atoms with E-state index < -0.39 is 5.82 Å². The minimum absolute atomic E-state index is 0.348. The number of hydrogen-bond donors (Lipinski definition) is 0. The Hall–Kier alpha value is -2.01. The molecule has 0 bridgehead atoms. The molecule has 5 heteroatoms. The van der Waals surface area contributed by atoms with E-state index in [9.17, 15) is 9.18 Å². The molecule has 0 radical (unpaired) electrons. The summed E-state index contributed by atoms with van der Waals surface area (Å²) >= 11 is 1.38. The van der Waals surface area contributed by atoms with Gasteiger partial charge in [-0.25, -0.2) is 9.37 Å². The maximum atomic E-state index is 14.2. The van der Waals surface area contributed by atoms with Gasteiger partial charge in [-0.15, -0.1) is 11.3 Å². The first-order valence-corrected chi connectivity index (χ1v) is 8.60. The molecule has 0 saturated carbocycles. The van der Waals surface area contributed by atoms with E-state index in [4.69, 9.17) is 0 Å². The topological polar surface area (TPSA) is 33.2 Å². The summed E-state index contributed by atoms with van der Waals surface area (Å²) in [6.07, 6.45) is 9.62. The van der Waals surface area contributed by atoms with Crippen molar-refractivity contribution >= 4 is 23.7 Å². The Labute approximate surface area is 140 Å². The standard InChI is InChI=1S/C18H21FN2OS/c1-3-4-5-8-21(2)9-6-14-11-16(18-20-7-10-23-18)17(19)12-15(14)13-22/h6-7,9-13H,3-5,8H2,1-2H3/b9-6-. The van der Waals surface area contributed by atoms with Gasteiger partial charge in [0, 0.05) is 36.3 Å². The third-order valence-corrected chi connectivity index (χ3v) is 4.39. The normalized spacial score (nSPS) is 11.1. The summed E-state index contributed by atoms with van der Waals surface area (Å²) in [7, 11) is 2.00. The molecular formula is C18H21FN2OS. The first-order valence-electron chi connectivity index (χ1n) is 7.72. The van der Waals surface area contributed by atoms with E-state index in [1.807, 2.05) is 19.3 Å². The highest BCUT2D eigenvalue weighted by Crippen LogP contribution is 2.28. The average Bonchev–Trinajstić information content (AvgIpc) is 3.07. The van der Waals surface area contributed by atoms with Crippen molar-refractivity contribution in [3.05, 3.63) is 46.9 Å². The fourth-order valence-corrected chi connectivity index (χ4v) is 2.92. The van der Waals surface area contributed by atoms with Crippen LogP contribution in [-0.4, -0.2) is 29.8 Å². The van der Waals surface area contributed by atoms with Gasteiger partial charge in [-0.3, -0.25) is 4.79 Å². The Balaban J connectivity index is 2.23. The van der Waals surface area contributed by atoms with Crippen LogP contribution >= 0.6 is 11.3 Å².